The first-order valence-electron chi connectivity index (χ1n) is 11.9. The number of anilines is 1. The Morgan fingerprint density at radius 1 is 0.939 bits per heavy atom. The lowest BCUT2D eigenvalue weighted by Gasteiger charge is -2.52. The number of hydrogen-bond donors (Lipinski definition) is 0. The highest BCUT2D eigenvalue weighted by Gasteiger charge is 2.48. The number of hydrazone groups is 1. The third kappa shape index (κ3) is 4.43. The Morgan fingerprint density at radius 3 is 2.12 bits per heavy atom. The van der Waals surface area contributed by atoms with E-state index in [4.69, 9.17) is 9.94 Å². The van der Waals surface area contributed by atoms with Crippen LogP contribution >= 0.6 is 0 Å². The molecule has 1 fully saturated rings. The van der Waals surface area contributed by atoms with Crippen LogP contribution in [0.5, 0.6) is 0 Å². The molecule has 1 saturated heterocycles. The van der Waals surface area contributed by atoms with Gasteiger partial charge < -0.3 is 0 Å². The molecule has 33 heavy (non-hydrogen) atoms. The van der Waals surface area contributed by atoms with E-state index in [9.17, 15) is 5.26 Å². The zero-order valence-corrected chi connectivity index (χ0v) is 20.8. The Bertz CT molecular complexity index is 1030. The van der Waals surface area contributed by atoms with Gasteiger partial charge in [0.1, 0.15) is 0 Å². The van der Waals surface area contributed by atoms with Gasteiger partial charge in [-0.2, -0.15) is 15.4 Å². The number of nitrogens with zero attached hydrogens (tertiary/aromatic N) is 4. The highest BCUT2D eigenvalue weighted by molar-refractivity contribution is 6.07. The number of para-hydroxylation sites is 1. The molecule has 1 atom stereocenters. The molecular weight excluding hydrogens is 408 g/mol. The van der Waals surface area contributed by atoms with E-state index in [2.05, 4.69) is 69.8 Å². The Kier molecular flexibility index (Phi) is 6.11. The maximum Gasteiger partial charge on any atom is 0.0991 e. The Hall–Kier alpha value is -2.68. The molecule has 0 saturated carbocycles. The van der Waals surface area contributed by atoms with E-state index in [1.54, 1.807) is 0 Å². The molecule has 1 unspecified atom stereocenters. The molecule has 0 aliphatic carbocycles. The van der Waals surface area contributed by atoms with Crippen LogP contribution in [0.4, 0.5) is 5.69 Å². The Balaban J connectivity index is 1.67. The molecule has 174 valence electrons. The minimum Gasteiger partial charge on any atom is -0.296 e. The van der Waals surface area contributed by atoms with E-state index in [-0.39, 0.29) is 22.5 Å². The zero-order chi connectivity index (χ0) is 23.9. The van der Waals surface area contributed by atoms with Crippen LogP contribution in [0.1, 0.15) is 71.9 Å². The number of nitriles is 1. The fourth-order valence-corrected chi connectivity index (χ4v) is 5.47. The maximum absolute atomic E-state index is 9.20. The number of piperidine rings is 1. The second kappa shape index (κ2) is 8.59. The minimum absolute atomic E-state index is 0.0150. The van der Waals surface area contributed by atoms with Crippen molar-refractivity contribution in [1.82, 2.24) is 5.06 Å². The van der Waals surface area contributed by atoms with Crippen molar-refractivity contribution >= 4 is 11.4 Å². The van der Waals surface area contributed by atoms with Crippen LogP contribution in [0.3, 0.4) is 0 Å². The highest BCUT2D eigenvalue weighted by Crippen LogP contribution is 2.42. The van der Waals surface area contributed by atoms with E-state index < -0.39 is 0 Å². The van der Waals surface area contributed by atoms with Gasteiger partial charge in [-0.25, -0.2) is 0 Å². The Labute approximate surface area is 198 Å². The quantitative estimate of drug-likeness (QED) is 0.555. The second-order valence-electron chi connectivity index (χ2n) is 11.1. The molecule has 4 rings (SSSR count). The van der Waals surface area contributed by atoms with Crippen molar-refractivity contribution in [3.63, 3.8) is 0 Å². The van der Waals surface area contributed by atoms with Crippen molar-refractivity contribution in [2.45, 2.75) is 77.9 Å². The molecular formula is C28H36N4O. The highest BCUT2D eigenvalue weighted by atomic mass is 16.7. The van der Waals surface area contributed by atoms with Gasteiger partial charge in [-0.05, 0) is 76.8 Å². The van der Waals surface area contributed by atoms with Crippen molar-refractivity contribution in [3.8, 4) is 6.07 Å². The van der Waals surface area contributed by atoms with Gasteiger partial charge in [0, 0.05) is 16.5 Å². The summed E-state index contributed by atoms with van der Waals surface area (Å²) in [5.41, 5.74) is 3.48. The summed E-state index contributed by atoms with van der Waals surface area (Å²) >= 11 is 0. The fraction of sp³-hybridized carbons (Fsp3) is 0.500. The molecule has 2 aromatic rings. The average Bonchev–Trinajstić information content (AvgIpc) is 3.03. The summed E-state index contributed by atoms with van der Waals surface area (Å²) in [6, 6.07) is 20.3. The maximum atomic E-state index is 9.20. The second-order valence-corrected chi connectivity index (χ2v) is 11.1. The van der Waals surface area contributed by atoms with Crippen LogP contribution in [0.2, 0.25) is 0 Å². The summed E-state index contributed by atoms with van der Waals surface area (Å²) in [5, 5.41) is 18.7. The first kappa shape index (κ1) is 23.5. The van der Waals surface area contributed by atoms with E-state index in [0.29, 0.717) is 12.2 Å². The molecule has 0 amide bonds. The van der Waals surface area contributed by atoms with Crippen LogP contribution in [-0.2, 0) is 4.84 Å². The smallest absolute Gasteiger partial charge is 0.0991 e. The van der Waals surface area contributed by atoms with Gasteiger partial charge in [0.25, 0.3) is 0 Å². The van der Waals surface area contributed by atoms with Crippen molar-refractivity contribution in [1.29, 1.82) is 5.26 Å². The number of benzene rings is 2. The van der Waals surface area contributed by atoms with Gasteiger partial charge in [0.05, 0.1) is 35.7 Å². The average molecular weight is 445 g/mol. The van der Waals surface area contributed by atoms with Gasteiger partial charge in [-0.3, -0.25) is 9.85 Å². The van der Waals surface area contributed by atoms with Crippen LogP contribution in [0.25, 0.3) is 0 Å². The SMILES string of the molecule is CC1(C)C(c2ccc(C#N)cc2)=NN(c2ccccc2)C1CON1C(C)(C)CCCC1(C)C. The lowest BCUT2D eigenvalue weighted by atomic mass is 9.78. The van der Waals surface area contributed by atoms with Crippen molar-refractivity contribution in [3.05, 3.63) is 65.7 Å². The summed E-state index contributed by atoms with van der Waals surface area (Å²) in [5.74, 6) is 0. The first-order chi connectivity index (χ1) is 15.6. The summed E-state index contributed by atoms with van der Waals surface area (Å²) in [6.45, 7) is 14.1. The molecule has 5 nitrogen and oxygen atoms in total. The minimum atomic E-state index is -0.256. The van der Waals surface area contributed by atoms with E-state index in [1.165, 1.54) is 6.42 Å². The monoisotopic (exact) mass is 444 g/mol. The molecule has 5 heteroatoms. The molecule has 0 N–H and O–H groups in total. The summed E-state index contributed by atoms with van der Waals surface area (Å²) in [6.07, 6.45) is 3.47. The molecule has 0 bridgehead atoms. The topological polar surface area (TPSA) is 51.9 Å². The summed E-state index contributed by atoms with van der Waals surface area (Å²) in [7, 11) is 0. The standard InChI is InChI=1S/C28H36N4O/c1-26(2)17-10-18-27(3,4)32(26)33-20-24-28(5,6)25(22-15-13-21(19-29)14-16-22)30-31(24)23-11-8-7-9-12-23/h7-9,11-16,24H,10,17-18,20H2,1-6H3. The third-order valence-electron chi connectivity index (χ3n) is 7.29. The molecule has 2 aliphatic heterocycles. The first-order valence-corrected chi connectivity index (χ1v) is 11.9. The van der Waals surface area contributed by atoms with Gasteiger partial charge in [0.15, 0.2) is 0 Å². The predicted octanol–water partition coefficient (Wildman–Crippen LogP) is 6.15. The number of hydrogen-bond acceptors (Lipinski definition) is 5. The van der Waals surface area contributed by atoms with Crippen molar-refractivity contribution < 1.29 is 4.84 Å². The Morgan fingerprint density at radius 2 is 1.55 bits per heavy atom. The van der Waals surface area contributed by atoms with Crippen LogP contribution in [0.15, 0.2) is 59.7 Å². The van der Waals surface area contributed by atoms with Crippen LogP contribution < -0.4 is 5.01 Å². The van der Waals surface area contributed by atoms with Gasteiger partial charge in [-0.1, -0.05) is 44.2 Å². The molecule has 0 spiro atoms. The van der Waals surface area contributed by atoms with Crippen molar-refractivity contribution in [2.24, 2.45) is 10.5 Å². The van der Waals surface area contributed by atoms with Gasteiger partial charge in [0.2, 0.25) is 0 Å². The number of rotatable bonds is 5. The predicted molar refractivity (Wildman–Crippen MR) is 134 cm³/mol. The zero-order valence-electron chi connectivity index (χ0n) is 20.8. The van der Waals surface area contributed by atoms with E-state index in [0.717, 1.165) is 29.8 Å². The summed E-state index contributed by atoms with van der Waals surface area (Å²) in [4.78, 5) is 6.68. The van der Waals surface area contributed by atoms with E-state index >= 15 is 0 Å². The van der Waals surface area contributed by atoms with Crippen LogP contribution in [0, 0.1) is 16.7 Å². The molecule has 0 aromatic heterocycles. The molecule has 2 heterocycles. The molecule has 2 aliphatic rings. The molecule has 2 aromatic carbocycles. The van der Waals surface area contributed by atoms with Gasteiger partial charge in [-0.15, -0.1) is 0 Å². The largest absolute Gasteiger partial charge is 0.296 e. The third-order valence-corrected chi connectivity index (χ3v) is 7.29. The normalized spacial score (nSPS) is 23.7. The molecule has 0 radical (unpaired) electrons. The number of hydroxylamine groups is 2. The lowest BCUT2D eigenvalue weighted by molar-refractivity contribution is -0.284. The van der Waals surface area contributed by atoms with Crippen LogP contribution in [-0.4, -0.2) is 34.5 Å². The lowest BCUT2D eigenvalue weighted by Crippen LogP contribution is -2.59. The van der Waals surface area contributed by atoms with Gasteiger partial charge >= 0.3 is 0 Å². The van der Waals surface area contributed by atoms with Crippen molar-refractivity contribution in [2.75, 3.05) is 11.6 Å². The summed E-state index contributed by atoms with van der Waals surface area (Å²) < 4.78 is 0. The fourth-order valence-electron chi connectivity index (χ4n) is 5.47. The van der Waals surface area contributed by atoms with E-state index in [1.807, 2.05) is 42.5 Å².